The Balaban J connectivity index is 1.61. The van der Waals surface area contributed by atoms with E-state index in [0.717, 1.165) is 5.56 Å². The van der Waals surface area contributed by atoms with E-state index < -0.39 is 0 Å². The minimum absolute atomic E-state index is 0.440. The van der Waals surface area contributed by atoms with Crippen molar-refractivity contribution in [3.63, 3.8) is 0 Å². The van der Waals surface area contributed by atoms with Gasteiger partial charge in [0.15, 0.2) is 0 Å². The molecule has 0 radical (unpaired) electrons. The second kappa shape index (κ2) is 16.2. The lowest BCUT2D eigenvalue weighted by Gasteiger charge is -2.22. The zero-order valence-corrected chi connectivity index (χ0v) is 21.7. The number of hydrazone groups is 1. The first-order valence-electron chi connectivity index (χ1n) is 12.6. The van der Waals surface area contributed by atoms with E-state index >= 15 is 0 Å². The van der Waals surface area contributed by atoms with Crippen LogP contribution in [0.5, 0.6) is 0 Å². The van der Waals surface area contributed by atoms with Crippen LogP contribution in [0.2, 0.25) is 0 Å². The minimum atomic E-state index is 0.440. The molecule has 8 N–H and O–H groups in total. The average molecular weight is 511 g/mol. The van der Waals surface area contributed by atoms with Gasteiger partial charge in [-0.1, -0.05) is 91.0 Å². The summed E-state index contributed by atoms with van der Waals surface area (Å²) in [6.45, 7) is 3.32. The van der Waals surface area contributed by atoms with Gasteiger partial charge < -0.3 is 27.9 Å². The molecule has 3 aromatic rings. The molecule has 3 aromatic carbocycles. The SMILES string of the molecule is NN=C(C=NCc1ccccc1)CN(C/C(N)=C/NCc1ccccc1)C/C(N)=C/NCc1ccccc1. The molecule has 8 heteroatoms. The van der Waals surface area contributed by atoms with Crippen LogP contribution < -0.4 is 27.9 Å². The first-order valence-corrected chi connectivity index (χ1v) is 12.6. The highest BCUT2D eigenvalue weighted by Crippen LogP contribution is 2.03. The van der Waals surface area contributed by atoms with Gasteiger partial charge in [0.2, 0.25) is 0 Å². The molecule has 0 heterocycles. The first-order chi connectivity index (χ1) is 18.6. The summed E-state index contributed by atoms with van der Waals surface area (Å²) >= 11 is 0. The predicted octanol–water partition coefficient (Wildman–Crippen LogP) is 3.05. The monoisotopic (exact) mass is 510 g/mol. The van der Waals surface area contributed by atoms with Crippen LogP contribution in [-0.2, 0) is 19.6 Å². The minimum Gasteiger partial charge on any atom is -0.400 e. The van der Waals surface area contributed by atoms with Gasteiger partial charge in [-0.3, -0.25) is 9.89 Å². The van der Waals surface area contributed by atoms with Gasteiger partial charge in [-0.15, -0.1) is 0 Å². The largest absolute Gasteiger partial charge is 0.400 e. The second-order valence-electron chi connectivity index (χ2n) is 8.89. The van der Waals surface area contributed by atoms with Gasteiger partial charge in [-0.05, 0) is 16.7 Å². The summed E-state index contributed by atoms with van der Waals surface area (Å²) < 4.78 is 0. The molecule has 0 unspecified atom stereocenters. The summed E-state index contributed by atoms with van der Waals surface area (Å²) in [5.74, 6) is 5.70. The number of hydrogen-bond donors (Lipinski definition) is 5. The van der Waals surface area contributed by atoms with Gasteiger partial charge in [-0.2, -0.15) is 5.10 Å². The molecule has 0 fully saturated rings. The third-order valence-electron chi connectivity index (χ3n) is 5.59. The van der Waals surface area contributed by atoms with Crippen molar-refractivity contribution < 1.29 is 0 Å². The van der Waals surface area contributed by atoms with E-state index in [1.807, 2.05) is 79.1 Å². The number of hydrogen-bond acceptors (Lipinski definition) is 8. The lowest BCUT2D eigenvalue weighted by Crippen LogP contribution is -2.37. The van der Waals surface area contributed by atoms with Crippen molar-refractivity contribution in [3.05, 3.63) is 131 Å². The van der Waals surface area contributed by atoms with Crippen LogP contribution in [0.4, 0.5) is 0 Å². The standard InChI is InChI=1S/C30H38N8/c31-28(19-34-16-25-10-4-1-5-11-25)22-38(23-29(32)20-35-17-26-12-6-2-7-13-26)24-30(37-33)21-36-18-27-14-8-3-9-15-27/h1-15,19-21,34-35H,16-18,22-24,31-33H2/b28-19-,29-20-,36-21?,37-30?. The van der Waals surface area contributed by atoms with Crippen LogP contribution in [0.15, 0.2) is 125 Å². The van der Waals surface area contributed by atoms with Crippen molar-refractivity contribution in [1.29, 1.82) is 0 Å². The van der Waals surface area contributed by atoms with Gasteiger partial charge in [-0.25, -0.2) is 0 Å². The number of nitrogens with zero attached hydrogens (tertiary/aromatic N) is 3. The van der Waals surface area contributed by atoms with E-state index in [1.54, 1.807) is 6.21 Å². The van der Waals surface area contributed by atoms with Crippen molar-refractivity contribution in [3.8, 4) is 0 Å². The fourth-order valence-electron chi connectivity index (χ4n) is 3.75. The summed E-state index contributed by atoms with van der Waals surface area (Å²) in [5.41, 5.74) is 18.2. The molecule has 0 spiro atoms. The molecule has 0 aliphatic heterocycles. The first kappa shape index (κ1) is 28.0. The molecule has 0 aliphatic rings. The Morgan fingerprint density at radius 3 is 1.55 bits per heavy atom. The summed E-state index contributed by atoms with van der Waals surface area (Å²) in [6, 6.07) is 30.3. The maximum Gasteiger partial charge on any atom is 0.0918 e. The molecule has 198 valence electrons. The van der Waals surface area contributed by atoms with Crippen LogP contribution in [0.3, 0.4) is 0 Å². The summed E-state index contributed by atoms with van der Waals surface area (Å²) in [7, 11) is 0. The second-order valence-corrected chi connectivity index (χ2v) is 8.89. The van der Waals surface area contributed by atoms with E-state index in [2.05, 4.69) is 49.9 Å². The van der Waals surface area contributed by atoms with E-state index in [-0.39, 0.29) is 0 Å². The molecule has 0 atom stereocenters. The number of nitrogens with two attached hydrogens (primary N) is 3. The van der Waals surface area contributed by atoms with Crippen LogP contribution in [0.25, 0.3) is 0 Å². The lowest BCUT2D eigenvalue weighted by atomic mass is 10.2. The highest BCUT2D eigenvalue weighted by atomic mass is 15.2. The van der Waals surface area contributed by atoms with Crippen LogP contribution in [0.1, 0.15) is 16.7 Å². The van der Waals surface area contributed by atoms with Gasteiger partial charge >= 0.3 is 0 Å². The zero-order chi connectivity index (χ0) is 26.8. The Morgan fingerprint density at radius 2 is 1.11 bits per heavy atom. The fourth-order valence-corrected chi connectivity index (χ4v) is 3.75. The third kappa shape index (κ3) is 11.0. The van der Waals surface area contributed by atoms with E-state index in [4.69, 9.17) is 17.3 Å². The lowest BCUT2D eigenvalue weighted by molar-refractivity contribution is 0.363. The topological polar surface area (TPSA) is 130 Å². The third-order valence-corrected chi connectivity index (χ3v) is 5.59. The summed E-state index contributed by atoms with van der Waals surface area (Å²) in [4.78, 5) is 6.59. The molecular weight excluding hydrogens is 472 g/mol. The van der Waals surface area contributed by atoms with Crippen molar-refractivity contribution in [2.75, 3.05) is 19.6 Å². The van der Waals surface area contributed by atoms with Gasteiger partial charge in [0, 0.05) is 62.7 Å². The molecule has 0 amide bonds. The number of nitrogens with one attached hydrogen (secondary N) is 2. The van der Waals surface area contributed by atoms with Gasteiger partial charge in [0.05, 0.1) is 12.3 Å². The number of rotatable bonds is 15. The quantitative estimate of drug-likeness (QED) is 0.121. The smallest absolute Gasteiger partial charge is 0.0918 e. The highest BCUT2D eigenvalue weighted by Gasteiger charge is 2.11. The van der Waals surface area contributed by atoms with E-state index in [9.17, 15) is 0 Å². The summed E-state index contributed by atoms with van der Waals surface area (Å²) in [5, 5.41) is 10.5. The maximum absolute atomic E-state index is 6.36. The Labute approximate surface area is 225 Å². The van der Waals surface area contributed by atoms with E-state index in [0.29, 0.717) is 56.4 Å². The van der Waals surface area contributed by atoms with Crippen LogP contribution in [-0.4, -0.2) is 36.5 Å². The summed E-state index contributed by atoms with van der Waals surface area (Å²) in [6.07, 6.45) is 5.37. The Morgan fingerprint density at radius 1 is 0.658 bits per heavy atom. The Bertz CT molecular complexity index is 1130. The highest BCUT2D eigenvalue weighted by molar-refractivity contribution is 6.31. The normalized spacial score (nSPS) is 12.7. The predicted molar refractivity (Wildman–Crippen MR) is 158 cm³/mol. The molecule has 3 rings (SSSR count). The molecule has 0 saturated heterocycles. The van der Waals surface area contributed by atoms with Crippen molar-refractivity contribution >= 4 is 11.9 Å². The van der Waals surface area contributed by atoms with Crippen LogP contribution >= 0.6 is 0 Å². The fraction of sp³-hybridized carbons (Fsp3) is 0.200. The Hall–Kier alpha value is -4.56. The van der Waals surface area contributed by atoms with Gasteiger partial charge in [0.25, 0.3) is 0 Å². The van der Waals surface area contributed by atoms with Crippen LogP contribution in [0, 0.1) is 0 Å². The van der Waals surface area contributed by atoms with E-state index in [1.165, 1.54) is 11.1 Å². The molecule has 38 heavy (non-hydrogen) atoms. The molecule has 8 nitrogen and oxygen atoms in total. The molecular formula is C30H38N8. The number of benzene rings is 3. The van der Waals surface area contributed by atoms with Crippen molar-refractivity contribution in [2.45, 2.75) is 19.6 Å². The van der Waals surface area contributed by atoms with Gasteiger partial charge in [0.1, 0.15) is 0 Å². The zero-order valence-electron chi connectivity index (χ0n) is 21.7. The average Bonchev–Trinajstić information content (AvgIpc) is 2.94. The maximum atomic E-state index is 6.36. The molecule has 0 saturated carbocycles. The molecule has 0 aromatic heterocycles. The Kier molecular flexibility index (Phi) is 12.0. The molecule has 0 bridgehead atoms. The number of aliphatic imine (C=N–C) groups is 1. The van der Waals surface area contributed by atoms with Crippen molar-refractivity contribution in [2.24, 2.45) is 27.4 Å². The van der Waals surface area contributed by atoms with Crippen molar-refractivity contribution in [1.82, 2.24) is 15.5 Å². The molecule has 0 aliphatic carbocycles.